The molecule has 0 saturated heterocycles. The lowest BCUT2D eigenvalue weighted by Gasteiger charge is -2.29. The summed E-state index contributed by atoms with van der Waals surface area (Å²) in [6.45, 7) is 17.1. The summed E-state index contributed by atoms with van der Waals surface area (Å²) < 4.78 is 0. The summed E-state index contributed by atoms with van der Waals surface area (Å²) in [7, 11) is 0. The number of unbranched alkanes of at least 4 members (excludes halogenated alkanes) is 19. The number of nitrogens with zero attached hydrogens (tertiary/aromatic N) is 1. The first-order valence-electron chi connectivity index (χ1n) is 29.5. The zero-order valence-corrected chi connectivity index (χ0v) is 44.9. The molecule has 0 aliphatic heterocycles. The average Bonchev–Trinajstić information content (AvgIpc) is 3.28. The van der Waals surface area contributed by atoms with Crippen molar-refractivity contribution in [1.82, 2.24) is 4.90 Å². The minimum atomic E-state index is -0.638. The van der Waals surface area contributed by atoms with Gasteiger partial charge in [0.2, 0.25) is 0 Å². The van der Waals surface area contributed by atoms with Crippen LogP contribution in [0.4, 0.5) is 0 Å². The smallest absolute Gasteiger partial charge is 0.306 e. The van der Waals surface area contributed by atoms with Crippen molar-refractivity contribution in [3.8, 4) is 0 Å². The molecule has 2 atom stereocenters. The van der Waals surface area contributed by atoms with Crippen LogP contribution in [0, 0.1) is 23.7 Å². The molecule has 0 amide bonds. The van der Waals surface area contributed by atoms with Gasteiger partial charge in [0.25, 0.3) is 0 Å². The number of rotatable bonds is 53. The molecule has 0 aromatic rings. The highest BCUT2D eigenvalue weighted by molar-refractivity contribution is 5.70. The Kier molecular flexibility index (Phi) is 45.8. The molecule has 6 heteroatoms. The van der Waals surface area contributed by atoms with Gasteiger partial charge in [-0.25, -0.2) is 0 Å². The Bertz CT molecular complexity index is 925. The summed E-state index contributed by atoms with van der Waals surface area (Å²) in [6.07, 6.45) is 49.3. The Labute approximate surface area is 406 Å². The quantitative estimate of drug-likeness (QED) is 0.0526. The number of carboxylic acids is 2. The Balaban J connectivity index is 5.01. The number of carboxylic acid groups (broad SMARTS) is 2. The van der Waals surface area contributed by atoms with Crippen molar-refractivity contribution >= 4 is 11.9 Å². The highest BCUT2D eigenvalue weighted by Gasteiger charge is 2.26. The summed E-state index contributed by atoms with van der Waals surface area (Å²) >= 11 is 0. The maximum atomic E-state index is 12.3. The number of aliphatic carboxylic acids is 2. The Morgan fingerprint density at radius 3 is 0.938 bits per heavy atom. The van der Waals surface area contributed by atoms with Gasteiger partial charge in [0.1, 0.15) is 0 Å². The van der Waals surface area contributed by atoms with E-state index in [2.05, 4.69) is 46.4 Å². The first-order chi connectivity index (χ1) is 31.6. The van der Waals surface area contributed by atoms with Gasteiger partial charge in [-0.05, 0) is 102 Å². The topological polar surface area (TPSA) is 98.1 Å². The average molecular weight is 921 g/mol. The van der Waals surface area contributed by atoms with Crippen molar-refractivity contribution in [2.75, 3.05) is 19.6 Å². The van der Waals surface area contributed by atoms with E-state index in [1.54, 1.807) is 0 Å². The van der Waals surface area contributed by atoms with Crippen LogP contribution >= 0.6 is 0 Å². The normalized spacial score (nSPS) is 13.9. The van der Waals surface area contributed by atoms with E-state index < -0.39 is 17.5 Å². The van der Waals surface area contributed by atoms with Crippen LogP contribution in [0.15, 0.2) is 0 Å². The Morgan fingerprint density at radius 1 is 0.338 bits per heavy atom. The molecule has 0 rings (SSSR count). The maximum Gasteiger partial charge on any atom is 0.306 e. The molecule has 0 aliphatic rings. The zero-order valence-electron chi connectivity index (χ0n) is 44.9. The lowest BCUT2D eigenvalue weighted by atomic mass is 9.84. The van der Waals surface area contributed by atoms with E-state index >= 15 is 0 Å². The molecule has 3 N–H and O–H groups in total. The fourth-order valence-electron chi connectivity index (χ4n) is 10.9. The van der Waals surface area contributed by atoms with Crippen LogP contribution in [0.5, 0.6) is 0 Å². The molecule has 388 valence electrons. The van der Waals surface area contributed by atoms with Crippen molar-refractivity contribution in [3.05, 3.63) is 0 Å². The highest BCUT2D eigenvalue weighted by atomic mass is 16.4. The zero-order chi connectivity index (χ0) is 48.1. The fourth-order valence-corrected chi connectivity index (χ4v) is 10.9. The molecular weight excluding hydrogens is 803 g/mol. The number of hydrogen-bond acceptors (Lipinski definition) is 4. The van der Waals surface area contributed by atoms with Crippen molar-refractivity contribution in [1.29, 1.82) is 0 Å². The number of hydrogen-bond donors (Lipinski definition) is 3. The van der Waals surface area contributed by atoms with Crippen molar-refractivity contribution in [2.24, 2.45) is 23.7 Å². The van der Waals surface area contributed by atoms with Gasteiger partial charge in [0.15, 0.2) is 0 Å². The fraction of sp³-hybridized carbons (Fsp3) is 0.966. The first kappa shape index (κ1) is 63.9. The molecule has 0 radical (unpaired) electrons. The second-order valence-electron chi connectivity index (χ2n) is 21.5. The van der Waals surface area contributed by atoms with Crippen LogP contribution in [0.3, 0.4) is 0 Å². The summed E-state index contributed by atoms with van der Waals surface area (Å²) in [5.74, 6) is -0.133. The molecule has 0 heterocycles. The van der Waals surface area contributed by atoms with Gasteiger partial charge in [0.05, 0.1) is 17.4 Å². The Morgan fingerprint density at radius 2 is 0.615 bits per heavy atom. The van der Waals surface area contributed by atoms with Gasteiger partial charge in [-0.1, -0.05) is 247 Å². The van der Waals surface area contributed by atoms with Crippen LogP contribution in [-0.4, -0.2) is 57.4 Å². The summed E-state index contributed by atoms with van der Waals surface area (Å²) in [4.78, 5) is 27.1. The van der Waals surface area contributed by atoms with E-state index in [0.717, 1.165) is 153 Å². The van der Waals surface area contributed by atoms with Gasteiger partial charge >= 0.3 is 11.9 Å². The SMILES string of the molecule is CCCCCCC(CCCCCC)CCCC(CCCCCCC(O)(CCCCCCC(CCCC(CCCCCC)CCCCCC)C(=O)O)CCCCN(CCC)CCC)C(=O)O. The minimum Gasteiger partial charge on any atom is -0.481 e. The molecule has 0 aromatic carbocycles. The second kappa shape index (κ2) is 46.6. The third-order valence-corrected chi connectivity index (χ3v) is 15.2. The monoisotopic (exact) mass is 920 g/mol. The molecule has 0 fully saturated rings. The molecule has 6 nitrogen and oxygen atoms in total. The van der Waals surface area contributed by atoms with Gasteiger partial charge < -0.3 is 20.2 Å². The molecule has 0 aliphatic carbocycles. The second-order valence-corrected chi connectivity index (χ2v) is 21.5. The van der Waals surface area contributed by atoms with Gasteiger partial charge in [0, 0.05) is 0 Å². The first-order valence-corrected chi connectivity index (χ1v) is 29.5. The summed E-state index contributed by atoms with van der Waals surface area (Å²) in [6, 6.07) is 0. The molecule has 0 bridgehead atoms. The molecule has 65 heavy (non-hydrogen) atoms. The highest BCUT2D eigenvalue weighted by Crippen LogP contribution is 2.31. The molecular formula is C59H117NO5. The predicted octanol–water partition coefficient (Wildman–Crippen LogP) is 18.5. The van der Waals surface area contributed by atoms with Crippen LogP contribution in [-0.2, 0) is 9.59 Å². The third kappa shape index (κ3) is 39.4. The van der Waals surface area contributed by atoms with E-state index in [1.807, 2.05) is 0 Å². The van der Waals surface area contributed by atoms with Crippen LogP contribution in [0.1, 0.15) is 318 Å². The molecule has 0 spiro atoms. The van der Waals surface area contributed by atoms with Gasteiger partial charge in [-0.15, -0.1) is 0 Å². The molecule has 2 unspecified atom stereocenters. The predicted molar refractivity (Wildman–Crippen MR) is 283 cm³/mol. The largest absolute Gasteiger partial charge is 0.481 e. The van der Waals surface area contributed by atoms with Crippen LogP contribution in [0.2, 0.25) is 0 Å². The van der Waals surface area contributed by atoms with E-state index in [0.29, 0.717) is 0 Å². The van der Waals surface area contributed by atoms with Crippen LogP contribution < -0.4 is 0 Å². The van der Waals surface area contributed by atoms with Crippen molar-refractivity contribution < 1.29 is 24.9 Å². The maximum absolute atomic E-state index is 12.3. The minimum absolute atomic E-state index is 0.221. The summed E-state index contributed by atoms with van der Waals surface area (Å²) in [5.41, 5.74) is -0.638. The third-order valence-electron chi connectivity index (χ3n) is 15.2. The van der Waals surface area contributed by atoms with Gasteiger partial charge in [-0.2, -0.15) is 0 Å². The summed E-state index contributed by atoms with van der Waals surface area (Å²) in [5, 5.41) is 32.2. The molecule has 0 saturated carbocycles. The lowest BCUT2D eigenvalue weighted by molar-refractivity contribution is -0.143. The van der Waals surface area contributed by atoms with E-state index in [4.69, 9.17) is 0 Å². The standard InChI is InChI=1S/C59H117NO5/c1-7-13-17-25-37-53(38-26-18-14-8-2)41-35-45-55(57(61)62)43-29-21-23-31-47-59(65,49-33-34-52-60(50-11-5)51-12-6)48-32-24-22-30-44-56(58(63)64)46-36-42-54(39-27-19-15-9-3)40-28-20-16-10-4/h53-56,65H,7-52H2,1-6H3,(H,61,62)(H,63,64). The van der Waals surface area contributed by atoms with E-state index in [9.17, 15) is 24.9 Å². The van der Waals surface area contributed by atoms with E-state index in [-0.39, 0.29) is 11.8 Å². The number of carbonyl (C=O) groups is 2. The van der Waals surface area contributed by atoms with E-state index in [1.165, 1.54) is 154 Å². The Hall–Kier alpha value is -1.14. The van der Waals surface area contributed by atoms with Crippen molar-refractivity contribution in [3.63, 3.8) is 0 Å². The lowest BCUT2D eigenvalue weighted by Crippen LogP contribution is -2.30. The number of aliphatic hydroxyl groups is 1. The van der Waals surface area contributed by atoms with Crippen LogP contribution in [0.25, 0.3) is 0 Å². The van der Waals surface area contributed by atoms with Crippen molar-refractivity contribution in [2.45, 2.75) is 323 Å². The molecule has 0 aromatic heterocycles. The van der Waals surface area contributed by atoms with Gasteiger partial charge in [-0.3, -0.25) is 9.59 Å².